The zero-order valence-electron chi connectivity index (χ0n) is 9.26. The highest BCUT2D eigenvalue weighted by Gasteiger charge is 2.34. The summed E-state index contributed by atoms with van der Waals surface area (Å²) in [5.41, 5.74) is -1.22. The van der Waals surface area contributed by atoms with Gasteiger partial charge in [-0.25, -0.2) is 13.1 Å². The molecule has 0 bridgehead atoms. The van der Waals surface area contributed by atoms with Gasteiger partial charge < -0.3 is 0 Å². The first-order valence-electron chi connectivity index (χ1n) is 4.74. The minimum Gasteiger partial charge on any atom is -0.207 e. The minimum atomic E-state index is -4.74. The second kappa shape index (κ2) is 5.70. The van der Waals surface area contributed by atoms with Crippen molar-refractivity contribution < 1.29 is 21.6 Å². The molecule has 0 aliphatic heterocycles. The molecular formula is C10H8Cl2F3NO2S. The monoisotopic (exact) mass is 333 g/mol. The lowest BCUT2D eigenvalue weighted by Gasteiger charge is -2.11. The Labute approximate surface area is 118 Å². The number of halogens is 5. The summed E-state index contributed by atoms with van der Waals surface area (Å²) < 4.78 is 63.2. The van der Waals surface area contributed by atoms with Gasteiger partial charge in [-0.3, -0.25) is 0 Å². The summed E-state index contributed by atoms with van der Waals surface area (Å²) in [4.78, 5) is -0.554. The van der Waals surface area contributed by atoms with Crippen LogP contribution in [0.3, 0.4) is 0 Å². The molecule has 0 spiro atoms. The van der Waals surface area contributed by atoms with Crippen molar-refractivity contribution in [3.63, 3.8) is 0 Å². The Morgan fingerprint density at radius 1 is 1.37 bits per heavy atom. The van der Waals surface area contributed by atoms with Gasteiger partial charge in [0.05, 0.1) is 15.5 Å². The van der Waals surface area contributed by atoms with Crippen molar-refractivity contribution in [2.45, 2.75) is 11.1 Å². The SMILES string of the molecule is C=C(Cl)CNS(=O)(=O)c1ccc(Cl)c(C(F)(F)F)c1. The highest BCUT2D eigenvalue weighted by molar-refractivity contribution is 7.89. The molecule has 0 heterocycles. The molecule has 1 N–H and O–H groups in total. The van der Waals surface area contributed by atoms with Crippen LogP contribution in [0.5, 0.6) is 0 Å². The van der Waals surface area contributed by atoms with E-state index in [2.05, 4.69) is 6.58 Å². The molecule has 9 heteroatoms. The maximum absolute atomic E-state index is 12.6. The average molecular weight is 334 g/mol. The van der Waals surface area contributed by atoms with Crippen LogP contribution in [0.15, 0.2) is 34.7 Å². The Bertz CT molecular complexity index is 599. The van der Waals surface area contributed by atoms with Crippen LogP contribution >= 0.6 is 23.2 Å². The summed E-state index contributed by atoms with van der Waals surface area (Å²) in [5, 5.41) is -0.568. The normalized spacial score (nSPS) is 12.5. The fraction of sp³-hybridized carbons (Fsp3) is 0.200. The topological polar surface area (TPSA) is 46.2 Å². The highest BCUT2D eigenvalue weighted by atomic mass is 35.5. The summed E-state index contributed by atoms with van der Waals surface area (Å²) >= 11 is 10.8. The molecule has 0 aliphatic rings. The fourth-order valence-corrected chi connectivity index (χ4v) is 2.57. The predicted octanol–water partition coefficient (Wildman–Crippen LogP) is 3.39. The molecule has 3 nitrogen and oxygen atoms in total. The molecule has 0 aliphatic carbocycles. The maximum atomic E-state index is 12.6. The van der Waals surface area contributed by atoms with Crippen molar-refractivity contribution in [2.24, 2.45) is 0 Å². The number of alkyl halides is 3. The third-order valence-corrected chi connectivity index (χ3v) is 3.87. The number of sulfonamides is 1. The van der Waals surface area contributed by atoms with E-state index >= 15 is 0 Å². The Morgan fingerprint density at radius 2 is 1.95 bits per heavy atom. The van der Waals surface area contributed by atoms with E-state index in [0.717, 1.165) is 12.1 Å². The van der Waals surface area contributed by atoms with Gasteiger partial charge in [0.2, 0.25) is 10.0 Å². The van der Waals surface area contributed by atoms with E-state index in [1.165, 1.54) is 0 Å². The van der Waals surface area contributed by atoms with Crippen molar-refractivity contribution in [3.05, 3.63) is 40.4 Å². The van der Waals surface area contributed by atoms with Crippen molar-refractivity contribution in [3.8, 4) is 0 Å². The molecule has 0 saturated heterocycles. The first-order valence-corrected chi connectivity index (χ1v) is 6.97. The summed E-state index contributed by atoms with van der Waals surface area (Å²) in [6.45, 7) is 2.98. The highest BCUT2D eigenvalue weighted by Crippen LogP contribution is 2.35. The van der Waals surface area contributed by atoms with Crippen molar-refractivity contribution in [2.75, 3.05) is 6.54 Å². The Balaban J connectivity index is 3.19. The van der Waals surface area contributed by atoms with Gasteiger partial charge in [0.15, 0.2) is 0 Å². The molecule has 1 aromatic rings. The van der Waals surface area contributed by atoms with Crippen molar-refractivity contribution in [1.29, 1.82) is 0 Å². The van der Waals surface area contributed by atoms with Crippen LogP contribution in [-0.4, -0.2) is 15.0 Å². The quantitative estimate of drug-likeness (QED) is 0.917. The van der Waals surface area contributed by atoms with Gasteiger partial charge in [-0.1, -0.05) is 29.8 Å². The number of hydrogen-bond acceptors (Lipinski definition) is 2. The van der Waals surface area contributed by atoms with Crippen molar-refractivity contribution in [1.82, 2.24) is 4.72 Å². The van der Waals surface area contributed by atoms with Crippen LogP contribution in [0, 0.1) is 0 Å². The smallest absolute Gasteiger partial charge is 0.207 e. The molecule has 1 aromatic carbocycles. The lowest BCUT2D eigenvalue weighted by atomic mass is 10.2. The van der Waals surface area contributed by atoms with E-state index in [0.29, 0.717) is 6.07 Å². The summed E-state index contributed by atoms with van der Waals surface area (Å²) in [5.74, 6) is 0. The molecule has 0 radical (unpaired) electrons. The standard InChI is InChI=1S/C10H8Cl2F3NO2S/c1-6(11)5-16-19(17,18)7-2-3-9(12)8(4-7)10(13,14)15/h2-4,16H,1,5H2. The zero-order chi connectivity index (χ0) is 14.8. The van der Waals surface area contributed by atoms with Gasteiger partial charge in [-0.05, 0) is 18.2 Å². The molecule has 0 amide bonds. The molecule has 106 valence electrons. The predicted molar refractivity (Wildman–Crippen MR) is 66.6 cm³/mol. The van der Waals surface area contributed by atoms with E-state index in [9.17, 15) is 21.6 Å². The lowest BCUT2D eigenvalue weighted by molar-refractivity contribution is -0.137. The fourth-order valence-electron chi connectivity index (χ4n) is 1.15. The number of rotatable bonds is 4. The second-order valence-corrected chi connectivity index (χ2v) is 6.19. The average Bonchev–Trinajstić information content (AvgIpc) is 2.25. The lowest BCUT2D eigenvalue weighted by Crippen LogP contribution is -2.25. The molecule has 0 aromatic heterocycles. The molecule has 0 saturated carbocycles. The van der Waals surface area contributed by atoms with E-state index in [1.54, 1.807) is 0 Å². The Morgan fingerprint density at radius 3 is 2.42 bits per heavy atom. The summed E-state index contributed by atoms with van der Waals surface area (Å²) in [6.07, 6.45) is -4.74. The van der Waals surface area contributed by atoms with Crippen LogP contribution in [0.1, 0.15) is 5.56 Å². The summed E-state index contributed by atoms with van der Waals surface area (Å²) in [6, 6.07) is 2.30. The van der Waals surface area contributed by atoms with E-state index < -0.39 is 31.7 Å². The second-order valence-electron chi connectivity index (χ2n) is 3.48. The third kappa shape index (κ3) is 4.38. The molecule has 19 heavy (non-hydrogen) atoms. The molecular weight excluding hydrogens is 326 g/mol. The zero-order valence-corrected chi connectivity index (χ0v) is 11.6. The third-order valence-electron chi connectivity index (χ3n) is 2.01. The molecule has 0 fully saturated rings. The van der Waals surface area contributed by atoms with Gasteiger partial charge in [0, 0.05) is 11.6 Å². The van der Waals surface area contributed by atoms with E-state index in [1.807, 2.05) is 4.72 Å². The van der Waals surface area contributed by atoms with Gasteiger partial charge in [0.1, 0.15) is 0 Å². The largest absolute Gasteiger partial charge is 0.417 e. The van der Waals surface area contributed by atoms with Gasteiger partial charge in [-0.15, -0.1) is 0 Å². The van der Waals surface area contributed by atoms with E-state index in [-0.39, 0.29) is 11.6 Å². The molecule has 0 atom stereocenters. The van der Waals surface area contributed by atoms with Crippen LogP contribution in [0.4, 0.5) is 13.2 Å². The van der Waals surface area contributed by atoms with Crippen LogP contribution in [0.25, 0.3) is 0 Å². The van der Waals surface area contributed by atoms with Gasteiger partial charge in [0.25, 0.3) is 0 Å². The molecule has 1 rings (SSSR count). The summed E-state index contributed by atoms with van der Waals surface area (Å²) in [7, 11) is -4.11. The Hall–Kier alpha value is -0.760. The first-order chi connectivity index (χ1) is 8.54. The van der Waals surface area contributed by atoms with Crippen molar-refractivity contribution >= 4 is 33.2 Å². The maximum Gasteiger partial charge on any atom is 0.417 e. The number of benzene rings is 1. The number of nitrogens with one attached hydrogen (secondary N) is 1. The first kappa shape index (κ1) is 16.3. The Kier molecular flexibility index (Phi) is 4.89. The minimum absolute atomic E-state index is 0.00795. The van der Waals surface area contributed by atoms with Gasteiger partial charge >= 0.3 is 6.18 Å². The van der Waals surface area contributed by atoms with E-state index in [4.69, 9.17) is 23.2 Å². The number of hydrogen-bond donors (Lipinski definition) is 1. The van der Waals surface area contributed by atoms with Crippen LogP contribution < -0.4 is 4.72 Å². The molecule has 0 unspecified atom stereocenters. The van der Waals surface area contributed by atoms with Gasteiger partial charge in [-0.2, -0.15) is 13.2 Å². The van der Waals surface area contributed by atoms with Crippen LogP contribution in [-0.2, 0) is 16.2 Å². The van der Waals surface area contributed by atoms with Crippen LogP contribution in [0.2, 0.25) is 5.02 Å².